The molecule has 0 aliphatic heterocycles. The maximum atomic E-state index is 12.3. The number of amides is 1. The molecular weight excluding hydrogens is 360 g/mol. The molecule has 2 aromatic rings. The number of halogens is 1. The fraction of sp³-hybridized carbons (Fsp3) is 0.222. The first-order valence-electron chi connectivity index (χ1n) is 7.77. The molecule has 0 radical (unpaired) electrons. The topological polar surface area (TPSA) is 59.6 Å². The molecule has 0 bridgehead atoms. The van der Waals surface area contributed by atoms with Crippen LogP contribution in [-0.4, -0.2) is 30.8 Å². The van der Waals surface area contributed by atoms with Crippen molar-refractivity contribution in [2.45, 2.75) is 6.92 Å². The van der Waals surface area contributed by atoms with Gasteiger partial charge in [-0.05, 0) is 61.6 Å². The Kier molecular flexibility index (Phi) is 7.66. The maximum Gasteiger partial charge on any atom is 0.257 e. The standard InChI is InChI=1S/C18H19ClN2O3S/c1-2-23-10-11-24-16-5-3-4-13(12-16)17(22)21-18(25)20-15-8-6-14(19)7-9-15/h3-9,12H,2,10-11H2,1H3,(H2,20,21,22,25). The van der Waals surface area contributed by atoms with Crippen molar-refractivity contribution < 1.29 is 14.3 Å². The second-order valence-corrected chi connectivity index (χ2v) is 5.83. The van der Waals surface area contributed by atoms with Crippen LogP contribution in [0, 0.1) is 0 Å². The monoisotopic (exact) mass is 378 g/mol. The Morgan fingerprint density at radius 3 is 2.64 bits per heavy atom. The predicted molar refractivity (Wildman–Crippen MR) is 104 cm³/mol. The van der Waals surface area contributed by atoms with Crippen molar-refractivity contribution in [1.82, 2.24) is 5.32 Å². The summed E-state index contributed by atoms with van der Waals surface area (Å²) >= 11 is 11.0. The Bertz CT molecular complexity index is 723. The number of anilines is 1. The number of nitrogens with one attached hydrogen (secondary N) is 2. The summed E-state index contributed by atoms with van der Waals surface area (Å²) < 4.78 is 10.8. The van der Waals surface area contributed by atoms with Crippen LogP contribution in [0.4, 0.5) is 5.69 Å². The summed E-state index contributed by atoms with van der Waals surface area (Å²) in [6.45, 7) is 3.49. The third kappa shape index (κ3) is 6.70. The highest BCUT2D eigenvalue weighted by Gasteiger charge is 2.09. The van der Waals surface area contributed by atoms with Gasteiger partial charge in [0, 0.05) is 22.9 Å². The molecular formula is C18H19ClN2O3S. The second kappa shape index (κ2) is 9.98. The molecule has 5 nitrogen and oxygen atoms in total. The number of carbonyl (C=O) groups is 1. The molecule has 0 aromatic heterocycles. The quantitative estimate of drug-likeness (QED) is 0.565. The minimum atomic E-state index is -0.318. The average molecular weight is 379 g/mol. The third-order valence-electron chi connectivity index (χ3n) is 3.13. The minimum Gasteiger partial charge on any atom is -0.491 e. The summed E-state index contributed by atoms with van der Waals surface area (Å²) in [7, 11) is 0. The number of hydrogen-bond donors (Lipinski definition) is 2. The van der Waals surface area contributed by atoms with Crippen molar-refractivity contribution in [2.24, 2.45) is 0 Å². The fourth-order valence-corrected chi connectivity index (χ4v) is 2.30. The normalized spacial score (nSPS) is 10.2. The summed E-state index contributed by atoms with van der Waals surface area (Å²) in [5.74, 6) is 0.283. The van der Waals surface area contributed by atoms with E-state index >= 15 is 0 Å². The molecule has 0 atom stereocenters. The molecule has 0 aliphatic rings. The van der Waals surface area contributed by atoms with E-state index in [1.54, 1.807) is 48.5 Å². The first-order chi connectivity index (χ1) is 12.1. The molecule has 0 saturated heterocycles. The molecule has 7 heteroatoms. The highest BCUT2D eigenvalue weighted by atomic mass is 35.5. The fourth-order valence-electron chi connectivity index (χ4n) is 1.96. The van der Waals surface area contributed by atoms with E-state index in [2.05, 4.69) is 10.6 Å². The van der Waals surface area contributed by atoms with Crippen LogP contribution in [0.2, 0.25) is 5.02 Å². The van der Waals surface area contributed by atoms with Crippen LogP contribution in [0.5, 0.6) is 5.75 Å². The summed E-state index contributed by atoms with van der Waals surface area (Å²) in [4.78, 5) is 12.3. The van der Waals surface area contributed by atoms with Gasteiger partial charge >= 0.3 is 0 Å². The van der Waals surface area contributed by atoms with Crippen molar-refractivity contribution in [3.05, 3.63) is 59.1 Å². The number of carbonyl (C=O) groups excluding carboxylic acids is 1. The number of benzene rings is 2. The van der Waals surface area contributed by atoms with Gasteiger partial charge in [-0.3, -0.25) is 10.1 Å². The lowest BCUT2D eigenvalue weighted by atomic mass is 10.2. The smallest absolute Gasteiger partial charge is 0.257 e. The number of hydrogen-bond acceptors (Lipinski definition) is 4. The van der Waals surface area contributed by atoms with Crippen molar-refractivity contribution >= 4 is 40.5 Å². The molecule has 0 spiro atoms. The summed E-state index contributed by atoms with van der Waals surface area (Å²) in [6.07, 6.45) is 0. The Hall–Kier alpha value is -2.15. The van der Waals surface area contributed by atoms with Crippen molar-refractivity contribution in [1.29, 1.82) is 0 Å². The van der Waals surface area contributed by atoms with Gasteiger partial charge in [0.25, 0.3) is 5.91 Å². The minimum absolute atomic E-state index is 0.204. The van der Waals surface area contributed by atoms with E-state index in [0.29, 0.717) is 36.2 Å². The van der Waals surface area contributed by atoms with Gasteiger partial charge in [0.1, 0.15) is 12.4 Å². The van der Waals surface area contributed by atoms with E-state index in [0.717, 1.165) is 5.69 Å². The van der Waals surface area contributed by atoms with E-state index in [9.17, 15) is 4.79 Å². The van der Waals surface area contributed by atoms with E-state index in [4.69, 9.17) is 33.3 Å². The molecule has 132 valence electrons. The predicted octanol–water partition coefficient (Wildman–Crippen LogP) is 3.88. The van der Waals surface area contributed by atoms with Gasteiger partial charge in [0.15, 0.2) is 5.11 Å². The molecule has 2 rings (SSSR count). The van der Waals surface area contributed by atoms with Crippen LogP contribution < -0.4 is 15.4 Å². The summed E-state index contributed by atoms with van der Waals surface area (Å²) in [5.41, 5.74) is 1.19. The number of thiocarbonyl (C=S) groups is 1. The van der Waals surface area contributed by atoms with E-state index in [-0.39, 0.29) is 11.0 Å². The molecule has 25 heavy (non-hydrogen) atoms. The Morgan fingerprint density at radius 1 is 1.16 bits per heavy atom. The zero-order chi connectivity index (χ0) is 18.1. The Balaban J connectivity index is 1.89. The molecule has 2 N–H and O–H groups in total. The Labute approximate surface area is 157 Å². The maximum absolute atomic E-state index is 12.3. The van der Waals surface area contributed by atoms with Crippen LogP contribution in [0.15, 0.2) is 48.5 Å². The molecule has 2 aromatic carbocycles. The van der Waals surface area contributed by atoms with Crippen LogP contribution in [0.25, 0.3) is 0 Å². The SMILES string of the molecule is CCOCCOc1cccc(C(=O)NC(=S)Nc2ccc(Cl)cc2)c1. The van der Waals surface area contributed by atoms with E-state index in [1.165, 1.54) is 0 Å². The largest absolute Gasteiger partial charge is 0.491 e. The van der Waals surface area contributed by atoms with Gasteiger partial charge in [-0.2, -0.15) is 0 Å². The van der Waals surface area contributed by atoms with Crippen LogP contribution in [-0.2, 0) is 4.74 Å². The molecule has 0 aliphatic carbocycles. The van der Waals surface area contributed by atoms with E-state index in [1.807, 2.05) is 6.92 Å². The highest BCUT2D eigenvalue weighted by molar-refractivity contribution is 7.80. The first kappa shape index (κ1) is 19.2. The van der Waals surface area contributed by atoms with E-state index < -0.39 is 0 Å². The van der Waals surface area contributed by atoms with Crippen LogP contribution >= 0.6 is 23.8 Å². The van der Waals surface area contributed by atoms with Crippen molar-refractivity contribution in [3.63, 3.8) is 0 Å². The molecule has 0 saturated carbocycles. The lowest BCUT2D eigenvalue weighted by Gasteiger charge is -2.11. The Morgan fingerprint density at radius 2 is 1.92 bits per heavy atom. The lowest BCUT2D eigenvalue weighted by Crippen LogP contribution is -2.34. The third-order valence-corrected chi connectivity index (χ3v) is 3.58. The van der Waals surface area contributed by atoms with Gasteiger partial charge in [0.2, 0.25) is 0 Å². The molecule has 0 heterocycles. The number of ether oxygens (including phenoxy) is 2. The average Bonchev–Trinajstić information content (AvgIpc) is 2.61. The van der Waals surface area contributed by atoms with Crippen molar-refractivity contribution in [3.8, 4) is 5.75 Å². The summed E-state index contributed by atoms with van der Waals surface area (Å²) in [5, 5.41) is 6.39. The first-order valence-corrected chi connectivity index (χ1v) is 8.55. The lowest BCUT2D eigenvalue weighted by molar-refractivity contribution is 0.0976. The second-order valence-electron chi connectivity index (χ2n) is 4.99. The number of rotatable bonds is 7. The molecule has 0 fully saturated rings. The van der Waals surface area contributed by atoms with Gasteiger partial charge in [-0.15, -0.1) is 0 Å². The summed E-state index contributed by atoms with van der Waals surface area (Å²) in [6, 6.07) is 13.9. The molecule has 1 amide bonds. The van der Waals surface area contributed by atoms with Gasteiger partial charge < -0.3 is 14.8 Å². The van der Waals surface area contributed by atoms with Crippen LogP contribution in [0.1, 0.15) is 17.3 Å². The zero-order valence-electron chi connectivity index (χ0n) is 13.8. The van der Waals surface area contributed by atoms with Gasteiger partial charge in [-0.25, -0.2) is 0 Å². The highest BCUT2D eigenvalue weighted by Crippen LogP contribution is 2.14. The van der Waals surface area contributed by atoms with Crippen molar-refractivity contribution in [2.75, 3.05) is 25.1 Å². The zero-order valence-corrected chi connectivity index (χ0v) is 15.3. The van der Waals surface area contributed by atoms with Crippen LogP contribution in [0.3, 0.4) is 0 Å². The van der Waals surface area contributed by atoms with Gasteiger partial charge in [0.05, 0.1) is 6.61 Å². The molecule has 0 unspecified atom stereocenters. The van der Waals surface area contributed by atoms with Gasteiger partial charge in [-0.1, -0.05) is 17.7 Å².